The summed E-state index contributed by atoms with van der Waals surface area (Å²) in [4.78, 5) is 13.8. The van der Waals surface area contributed by atoms with Gasteiger partial charge in [0.1, 0.15) is 0 Å². The summed E-state index contributed by atoms with van der Waals surface area (Å²) >= 11 is 0. The number of fused-ring (bicyclic) bond motifs is 1. The Balaban J connectivity index is 1.57. The Morgan fingerprint density at radius 1 is 1.37 bits per heavy atom. The molecule has 4 heteroatoms. The summed E-state index contributed by atoms with van der Waals surface area (Å²) in [6, 6.07) is 10.1. The number of hydrogen-bond donors (Lipinski definition) is 0. The molecular weight excluding hydrogens is 245 g/mol. The largest absolute Gasteiger partial charge is 0.464 e. The molecule has 1 heterocycles. The van der Waals surface area contributed by atoms with Crippen molar-refractivity contribution in [1.29, 1.82) is 0 Å². The van der Waals surface area contributed by atoms with Gasteiger partial charge < -0.3 is 4.74 Å². The zero-order valence-corrected chi connectivity index (χ0v) is 11.0. The highest BCUT2D eigenvalue weighted by atomic mass is 19.1. The average molecular weight is 263 g/mol. The van der Waals surface area contributed by atoms with E-state index in [0.29, 0.717) is 13.1 Å². The van der Waals surface area contributed by atoms with Crippen LogP contribution in [-0.4, -0.2) is 36.2 Å². The fraction of sp³-hybridized carbons (Fsp3) is 0.533. The summed E-state index contributed by atoms with van der Waals surface area (Å²) in [6.07, 6.45) is 0. The van der Waals surface area contributed by atoms with Crippen LogP contribution in [0.1, 0.15) is 12.5 Å². The highest BCUT2D eigenvalue weighted by molar-refractivity contribution is 5.85. The summed E-state index contributed by atoms with van der Waals surface area (Å²) in [5, 5.41) is 0. The summed E-state index contributed by atoms with van der Waals surface area (Å²) < 4.78 is 19.2. The predicted octanol–water partition coefficient (Wildman–Crippen LogP) is 2.02. The minimum atomic E-state index is -1.71. The van der Waals surface area contributed by atoms with Gasteiger partial charge in [-0.1, -0.05) is 30.3 Å². The molecule has 0 N–H and O–H groups in total. The predicted molar refractivity (Wildman–Crippen MR) is 69.2 cm³/mol. The molecule has 102 valence electrons. The minimum absolute atomic E-state index is 0.171. The highest BCUT2D eigenvalue weighted by Gasteiger charge is 2.75. The topological polar surface area (TPSA) is 29.5 Å². The number of carbonyl (C=O) groups excluding carboxylic acids is 1. The lowest BCUT2D eigenvalue weighted by atomic mass is 10.2. The lowest BCUT2D eigenvalue weighted by Crippen LogP contribution is -2.34. The van der Waals surface area contributed by atoms with Crippen molar-refractivity contribution in [3.63, 3.8) is 0 Å². The van der Waals surface area contributed by atoms with Gasteiger partial charge >= 0.3 is 5.97 Å². The monoisotopic (exact) mass is 263 g/mol. The van der Waals surface area contributed by atoms with Crippen molar-refractivity contribution in [1.82, 2.24) is 4.90 Å². The summed E-state index contributed by atoms with van der Waals surface area (Å²) in [6.45, 7) is 4.08. The normalized spacial score (nSPS) is 32.9. The molecule has 1 saturated heterocycles. The van der Waals surface area contributed by atoms with Crippen LogP contribution >= 0.6 is 0 Å². The van der Waals surface area contributed by atoms with Crippen molar-refractivity contribution < 1.29 is 13.9 Å². The van der Waals surface area contributed by atoms with Crippen LogP contribution in [0, 0.1) is 11.8 Å². The van der Waals surface area contributed by atoms with Gasteiger partial charge in [0.05, 0.1) is 6.61 Å². The Labute approximate surface area is 112 Å². The van der Waals surface area contributed by atoms with E-state index in [1.807, 2.05) is 18.2 Å². The molecule has 0 spiro atoms. The van der Waals surface area contributed by atoms with Crippen molar-refractivity contribution >= 4 is 5.97 Å². The molecular formula is C15H18FNO2. The lowest BCUT2D eigenvalue weighted by molar-refractivity contribution is -0.153. The molecule has 2 unspecified atom stereocenters. The van der Waals surface area contributed by atoms with Gasteiger partial charge in [0.15, 0.2) is 0 Å². The molecule has 2 fully saturated rings. The zero-order valence-electron chi connectivity index (χ0n) is 11.0. The SMILES string of the molecule is CCOC(=O)C1(F)C2CN(Cc3ccccc3)C[C@H]21. The number of halogens is 1. The fourth-order valence-corrected chi connectivity index (χ4v) is 3.17. The maximum Gasteiger partial charge on any atom is 0.344 e. The number of carbonyl (C=O) groups is 1. The second-order valence-corrected chi connectivity index (χ2v) is 5.38. The van der Waals surface area contributed by atoms with Crippen LogP contribution < -0.4 is 0 Å². The maximum atomic E-state index is 14.4. The first-order valence-electron chi connectivity index (χ1n) is 6.78. The minimum Gasteiger partial charge on any atom is -0.464 e. The standard InChI is InChI=1S/C15H18FNO2/c1-2-19-14(18)15(16)12-9-17(10-13(12)15)8-11-6-4-3-5-7-11/h3-7,12-13H,2,8-10H2,1H3/t12-,13?,15?/m1/s1. The molecule has 19 heavy (non-hydrogen) atoms. The number of piperidine rings is 1. The van der Waals surface area contributed by atoms with Crippen molar-refractivity contribution in [2.45, 2.75) is 19.1 Å². The van der Waals surface area contributed by atoms with Gasteiger partial charge in [-0.2, -0.15) is 0 Å². The van der Waals surface area contributed by atoms with E-state index in [4.69, 9.17) is 4.74 Å². The molecule has 1 aromatic rings. The Kier molecular flexibility index (Phi) is 3.05. The Morgan fingerprint density at radius 3 is 2.58 bits per heavy atom. The molecule has 0 bridgehead atoms. The number of benzene rings is 1. The Morgan fingerprint density at radius 2 is 2.00 bits per heavy atom. The fourth-order valence-electron chi connectivity index (χ4n) is 3.17. The van der Waals surface area contributed by atoms with Gasteiger partial charge in [-0.3, -0.25) is 4.90 Å². The van der Waals surface area contributed by atoms with E-state index < -0.39 is 11.6 Å². The number of esters is 1. The van der Waals surface area contributed by atoms with Crippen LogP contribution in [0.5, 0.6) is 0 Å². The third-order valence-electron chi connectivity index (χ3n) is 4.20. The van der Waals surface area contributed by atoms with Crippen molar-refractivity contribution in [3.05, 3.63) is 35.9 Å². The van der Waals surface area contributed by atoms with Gasteiger partial charge in [-0.15, -0.1) is 0 Å². The first-order valence-corrected chi connectivity index (χ1v) is 6.78. The molecule has 1 saturated carbocycles. The molecule has 3 atom stereocenters. The molecule has 3 rings (SSSR count). The number of hydrogen-bond acceptors (Lipinski definition) is 3. The Hall–Kier alpha value is -1.42. The van der Waals surface area contributed by atoms with E-state index in [1.54, 1.807) is 6.92 Å². The number of likely N-dealkylation sites (tertiary alicyclic amines) is 1. The van der Waals surface area contributed by atoms with Gasteiger partial charge in [-0.05, 0) is 12.5 Å². The van der Waals surface area contributed by atoms with E-state index in [0.717, 1.165) is 6.54 Å². The first-order chi connectivity index (χ1) is 9.16. The summed E-state index contributed by atoms with van der Waals surface area (Å²) in [7, 11) is 0. The van der Waals surface area contributed by atoms with Crippen LogP contribution in [0.15, 0.2) is 30.3 Å². The van der Waals surface area contributed by atoms with Gasteiger partial charge in [0.2, 0.25) is 5.67 Å². The first kappa shape index (κ1) is 12.6. The van der Waals surface area contributed by atoms with Crippen LogP contribution in [0.4, 0.5) is 4.39 Å². The Bertz CT molecular complexity index is 464. The van der Waals surface area contributed by atoms with Crippen LogP contribution in [-0.2, 0) is 16.1 Å². The molecule has 2 aliphatic rings. The van der Waals surface area contributed by atoms with E-state index in [9.17, 15) is 9.18 Å². The zero-order chi connectivity index (χ0) is 13.5. The second-order valence-electron chi connectivity index (χ2n) is 5.38. The molecule has 1 aliphatic carbocycles. The van der Waals surface area contributed by atoms with E-state index in [-0.39, 0.29) is 18.4 Å². The summed E-state index contributed by atoms with van der Waals surface area (Å²) in [5.41, 5.74) is -0.479. The number of alkyl halides is 1. The number of rotatable bonds is 4. The molecule has 3 nitrogen and oxygen atoms in total. The van der Waals surface area contributed by atoms with Gasteiger partial charge in [0, 0.05) is 31.5 Å². The smallest absolute Gasteiger partial charge is 0.344 e. The quantitative estimate of drug-likeness (QED) is 0.778. The molecule has 0 aromatic heterocycles. The summed E-state index contributed by atoms with van der Waals surface area (Å²) in [5.74, 6) is -1.00. The number of ether oxygens (including phenoxy) is 1. The van der Waals surface area contributed by atoms with Gasteiger partial charge in [0.25, 0.3) is 0 Å². The van der Waals surface area contributed by atoms with Gasteiger partial charge in [-0.25, -0.2) is 9.18 Å². The maximum absolute atomic E-state index is 14.4. The third-order valence-corrected chi connectivity index (χ3v) is 4.20. The lowest BCUT2D eigenvalue weighted by Gasteiger charge is -2.21. The van der Waals surface area contributed by atoms with Crippen molar-refractivity contribution in [2.75, 3.05) is 19.7 Å². The average Bonchev–Trinajstić information content (AvgIpc) is 2.79. The van der Waals surface area contributed by atoms with Crippen molar-refractivity contribution in [3.8, 4) is 0 Å². The molecule has 1 aliphatic heterocycles. The second kappa shape index (κ2) is 4.60. The van der Waals surface area contributed by atoms with Crippen molar-refractivity contribution in [2.24, 2.45) is 11.8 Å². The van der Waals surface area contributed by atoms with E-state index in [1.165, 1.54) is 5.56 Å². The van der Waals surface area contributed by atoms with E-state index in [2.05, 4.69) is 17.0 Å². The van der Waals surface area contributed by atoms with Crippen LogP contribution in [0.25, 0.3) is 0 Å². The van der Waals surface area contributed by atoms with E-state index >= 15 is 0 Å². The van der Waals surface area contributed by atoms with Crippen LogP contribution in [0.3, 0.4) is 0 Å². The third kappa shape index (κ3) is 2.04. The molecule has 0 amide bonds. The highest BCUT2D eigenvalue weighted by Crippen LogP contribution is 2.59. The van der Waals surface area contributed by atoms with Crippen LogP contribution in [0.2, 0.25) is 0 Å². The molecule has 1 aromatic carbocycles. The number of nitrogens with zero attached hydrogens (tertiary/aromatic N) is 1. The molecule has 0 radical (unpaired) electrons.